The molecule has 0 aliphatic carbocycles. The first-order valence-corrected chi connectivity index (χ1v) is 18.8. The van der Waals surface area contributed by atoms with Gasteiger partial charge in [0.15, 0.2) is 23.5 Å². The number of unbranched alkanes of at least 4 members (excludes halogenated alkanes) is 2. The Balaban J connectivity index is 0.000000573. The van der Waals surface area contributed by atoms with Gasteiger partial charge in [-0.25, -0.2) is 4.79 Å². The van der Waals surface area contributed by atoms with Crippen LogP contribution in [-0.4, -0.2) is 112 Å². The number of carboxylic acids is 1. The van der Waals surface area contributed by atoms with Crippen LogP contribution in [0.3, 0.4) is 0 Å². The minimum atomic E-state index is -1.20. The van der Waals surface area contributed by atoms with E-state index in [1.807, 2.05) is 6.92 Å². The number of carboxylic acid groups (broad SMARTS) is 1. The van der Waals surface area contributed by atoms with E-state index in [-0.39, 0.29) is 35.2 Å². The molecule has 0 aliphatic rings. The summed E-state index contributed by atoms with van der Waals surface area (Å²) in [5, 5.41) is 24.7. The lowest BCUT2D eigenvalue weighted by Gasteiger charge is -2.31. The first kappa shape index (κ1) is 50.7. The number of aliphatic hydroxyl groups excluding tert-OH is 1. The molecule has 3 amide bonds. The second-order valence-corrected chi connectivity index (χ2v) is 12.3. The van der Waals surface area contributed by atoms with Crippen LogP contribution in [0.4, 0.5) is 0 Å². The number of methoxy groups -OCH3 is 2. The number of furan rings is 1. The zero-order chi connectivity index (χ0) is 44.3. The predicted molar refractivity (Wildman–Crippen MR) is 215 cm³/mol. The molecule has 59 heavy (non-hydrogen) atoms. The Bertz CT molecular complexity index is 1800. The van der Waals surface area contributed by atoms with Crippen LogP contribution >= 0.6 is 0 Å². The summed E-state index contributed by atoms with van der Waals surface area (Å²) >= 11 is 0. The van der Waals surface area contributed by atoms with Gasteiger partial charge in [0.25, 0.3) is 5.91 Å². The molecule has 18 nitrogen and oxygen atoms in total. The summed E-state index contributed by atoms with van der Waals surface area (Å²) in [7, 11) is 5.68. The third-order valence-corrected chi connectivity index (χ3v) is 8.44. The van der Waals surface area contributed by atoms with Gasteiger partial charge in [-0.05, 0) is 69.3 Å². The van der Waals surface area contributed by atoms with E-state index in [1.165, 1.54) is 38.5 Å². The molecule has 3 atom stereocenters. The molecule has 3 unspecified atom stereocenters. The Kier molecular flexibility index (Phi) is 24.2. The molecule has 1 heterocycles. The summed E-state index contributed by atoms with van der Waals surface area (Å²) < 4.78 is 21.2. The van der Waals surface area contributed by atoms with Crippen molar-refractivity contribution in [3.05, 3.63) is 65.4 Å². The molecule has 324 valence electrons. The van der Waals surface area contributed by atoms with Crippen molar-refractivity contribution in [2.45, 2.75) is 71.4 Å². The van der Waals surface area contributed by atoms with Gasteiger partial charge in [0.05, 0.1) is 63.0 Å². The van der Waals surface area contributed by atoms with Crippen LogP contribution < -0.4 is 30.2 Å². The van der Waals surface area contributed by atoms with Gasteiger partial charge >= 0.3 is 11.9 Å². The van der Waals surface area contributed by atoms with Crippen LogP contribution in [0.1, 0.15) is 90.6 Å². The molecule has 0 saturated heterocycles. The topological polar surface area (TPSA) is 249 Å². The number of nitrogens with one attached hydrogen (secondary N) is 3. The second kappa shape index (κ2) is 28.2. The molecule has 3 aromatic rings. The van der Waals surface area contributed by atoms with Crippen molar-refractivity contribution in [1.82, 2.24) is 21.0 Å². The van der Waals surface area contributed by atoms with Gasteiger partial charge in [-0.1, -0.05) is 39.2 Å². The fourth-order valence-corrected chi connectivity index (χ4v) is 5.62. The minimum Gasteiger partial charge on any atom is -0.493 e. The molecule has 0 bridgehead atoms. The van der Waals surface area contributed by atoms with Crippen LogP contribution in [0.2, 0.25) is 0 Å². The summed E-state index contributed by atoms with van der Waals surface area (Å²) in [6.07, 6.45) is 4.72. The van der Waals surface area contributed by atoms with Crippen molar-refractivity contribution in [3.63, 3.8) is 0 Å². The third kappa shape index (κ3) is 16.2. The largest absolute Gasteiger partial charge is 0.493 e. The first-order chi connectivity index (χ1) is 28.4. The third-order valence-electron chi connectivity index (χ3n) is 8.44. The highest BCUT2D eigenvalue weighted by atomic mass is 16.7. The summed E-state index contributed by atoms with van der Waals surface area (Å²) in [4.78, 5) is 87.4. The lowest BCUT2D eigenvalue weighted by Crippen LogP contribution is -2.48. The number of aliphatic carboxylic acids is 1. The molecule has 0 spiro atoms. The maximum Gasteiger partial charge on any atom is 0.363 e. The number of hydrogen-bond acceptors (Lipinski definition) is 14. The van der Waals surface area contributed by atoms with E-state index >= 15 is 0 Å². The highest BCUT2D eigenvalue weighted by Gasteiger charge is 2.33. The Morgan fingerprint density at radius 2 is 1.61 bits per heavy atom. The normalized spacial score (nSPS) is 11.7. The Labute approximate surface area is 343 Å². The quantitative estimate of drug-likeness (QED) is 0.0370. The average Bonchev–Trinajstić information content (AvgIpc) is 3.74. The van der Waals surface area contributed by atoms with E-state index in [9.17, 15) is 33.6 Å². The smallest absolute Gasteiger partial charge is 0.363 e. The van der Waals surface area contributed by atoms with Crippen molar-refractivity contribution in [2.24, 2.45) is 5.92 Å². The molecule has 0 fully saturated rings. The van der Waals surface area contributed by atoms with Crippen LogP contribution in [0.15, 0.2) is 52.9 Å². The SMILES string of the molecule is CCCCCC(C(=O)NCNC)C(CC)N(C=O)OC(=O)c1ccc(OC)c(OC)c1.CCOc1cc(-c2ccc(C=O)o2)ccc1C(=O)NC(C=O)CC(=O)O.CO. The molecule has 1 aromatic heterocycles. The van der Waals surface area contributed by atoms with Gasteiger partial charge in [0, 0.05) is 12.7 Å². The molecule has 0 aliphatic heterocycles. The van der Waals surface area contributed by atoms with Gasteiger partial charge in [-0.2, -0.15) is 5.06 Å². The fraction of sp³-hybridized carbons (Fsp3) is 0.439. The number of aldehydes is 2. The molecular formula is C41H56N4O14. The highest BCUT2D eigenvalue weighted by molar-refractivity contribution is 5.99. The van der Waals surface area contributed by atoms with E-state index in [0.29, 0.717) is 61.3 Å². The Hall–Kier alpha value is -6.27. The number of hydroxylamine groups is 2. The number of carbonyl (C=O) groups excluding carboxylic acids is 6. The van der Waals surface area contributed by atoms with Gasteiger partial charge in [0.2, 0.25) is 12.3 Å². The predicted octanol–water partition coefficient (Wildman–Crippen LogP) is 4.04. The van der Waals surface area contributed by atoms with Gasteiger partial charge in [-0.15, -0.1) is 0 Å². The number of amides is 3. The second-order valence-electron chi connectivity index (χ2n) is 12.3. The van der Waals surface area contributed by atoms with Crippen molar-refractivity contribution >= 4 is 42.7 Å². The van der Waals surface area contributed by atoms with E-state index in [1.54, 1.807) is 38.2 Å². The maximum atomic E-state index is 12.8. The van der Waals surface area contributed by atoms with Crippen molar-refractivity contribution in [3.8, 4) is 28.6 Å². The monoisotopic (exact) mass is 828 g/mol. The average molecular weight is 829 g/mol. The van der Waals surface area contributed by atoms with E-state index < -0.39 is 42.3 Å². The minimum absolute atomic E-state index is 0.148. The summed E-state index contributed by atoms with van der Waals surface area (Å²) in [5.74, 6) is -1.59. The fourth-order valence-electron chi connectivity index (χ4n) is 5.62. The lowest BCUT2D eigenvalue weighted by atomic mass is 9.90. The number of rotatable bonds is 24. The number of benzene rings is 2. The van der Waals surface area contributed by atoms with Gasteiger partial charge in [-0.3, -0.25) is 24.0 Å². The number of aliphatic hydroxyl groups is 1. The summed E-state index contributed by atoms with van der Waals surface area (Å²) in [6.45, 7) is 6.27. The van der Waals surface area contributed by atoms with E-state index in [4.69, 9.17) is 33.7 Å². The zero-order valence-electron chi connectivity index (χ0n) is 34.5. The van der Waals surface area contributed by atoms with Crippen molar-refractivity contribution < 1.29 is 67.2 Å². The van der Waals surface area contributed by atoms with Gasteiger partial charge in [0.1, 0.15) is 17.8 Å². The molecule has 0 saturated carbocycles. The van der Waals surface area contributed by atoms with Crippen LogP contribution in [0.25, 0.3) is 11.3 Å². The van der Waals surface area contributed by atoms with Crippen LogP contribution in [0, 0.1) is 5.92 Å². The molecular weight excluding hydrogens is 772 g/mol. The van der Waals surface area contributed by atoms with Crippen molar-refractivity contribution in [1.29, 1.82) is 0 Å². The standard InChI is InChI=1S/C22H35N3O6.C18H17NO7.CH4O/c1-6-8-9-10-17(21(27)24-14-23-3)18(7-2)25(15-26)31-22(28)16-11-12-19(29-4)20(13-16)30-5;1-2-25-16-7-11(15-6-4-13(10-21)26-15)3-5-14(16)18(24)19-12(9-20)8-17(22)23;1-2/h11-13,15,17-18,23H,6-10,14H2,1-5H3,(H,24,27);3-7,9-10,12H,2,8H2,1H3,(H,19,24)(H,22,23);2H,1H3. The van der Waals surface area contributed by atoms with Gasteiger partial charge < -0.3 is 54.4 Å². The van der Waals surface area contributed by atoms with E-state index in [2.05, 4.69) is 22.9 Å². The molecule has 5 N–H and O–H groups in total. The first-order valence-electron chi connectivity index (χ1n) is 18.8. The highest BCUT2D eigenvalue weighted by Crippen LogP contribution is 2.30. The number of ether oxygens (including phenoxy) is 3. The van der Waals surface area contributed by atoms with Crippen molar-refractivity contribution in [2.75, 3.05) is 41.7 Å². The molecule has 2 aromatic carbocycles. The maximum absolute atomic E-state index is 12.8. The number of carbonyl (C=O) groups is 7. The Morgan fingerprint density at radius 3 is 2.15 bits per heavy atom. The molecule has 3 rings (SSSR count). The number of nitrogens with zero attached hydrogens (tertiary/aromatic N) is 1. The summed E-state index contributed by atoms with van der Waals surface area (Å²) in [5.41, 5.74) is 0.937. The summed E-state index contributed by atoms with van der Waals surface area (Å²) in [6, 6.07) is 10.6. The zero-order valence-corrected chi connectivity index (χ0v) is 34.5. The number of hydrogen-bond donors (Lipinski definition) is 5. The van der Waals surface area contributed by atoms with Crippen LogP contribution in [-0.2, 0) is 24.0 Å². The van der Waals surface area contributed by atoms with E-state index in [0.717, 1.165) is 31.4 Å². The Morgan fingerprint density at radius 1 is 0.898 bits per heavy atom. The molecule has 0 radical (unpaired) electrons. The molecule has 18 heteroatoms. The lowest BCUT2D eigenvalue weighted by molar-refractivity contribution is -0.171. The van der Waals surface area contributed by atoms with Crippen LogP contribution in [0.5, 0.6) is 17.2 Å².